The van der Waals surface area contributed by atoms with Crippen molar-refractivity contribution >= 4 is 5.91 Å². The molecule has 3 unspecified atom stereocenters. The van der Waals surface area contributed by atoms with Crippen LogP contribution in [0.25, 0.3) is 0 Å². The van der Waals surface area contributed by atoms with Gasteiger partial charge in [0.2, 0.25) is 0 Å². The normalized spacial score (nSPS) is 20.7. The smallest absolute Gasteiger partial charge is 0.254 e. The van der Waals surface area contributed by atoms with Crippen molar-refractivity contribution in [2.24, 2.45) is 0 Å². The van der Waals surface area contributed by atoms with E-state index in [2.05, 4.69) is 28.9 Å². The lowest BCUT2D eigenvalue weighted by molar-refractivity contribution is 0.0566. The summed E-state index contributed by atoms with van der Waals surface area (Å²) in [7, 11) is 0. The minimum absolute atomic E-state index is 0.0701. The fraction of sp³-hybridized carbons (Fsp3) is 0.269. The number of piperazine rings is 1. The van der Waals surface area contributed by atoms with Gasteiger partial charge in [-0.25, -0.2) is 0 Å². The number of fused-ring (bicyclic) bond motifs is 2. The Hall–Kier alpha value is -3.69. The molecule has 32 heavy (non-hydrogen) atoms. The number of benzene rings is 2. The molecular formula is C26H24N4O2. The van der Waals surface area contributed by atoms with E-state index in [4.69, 9.17) is 10.00 Å². The fourth-order valence-electron chi connectivity index (χ4n) is 4.81. The molecule has 0 spiro atoms. The number of rotatable bonds is 5. The number of nitriles is 1. The molecule has 0 aliphatic carbocycles. The minimum Gasteiger partial charge on any atom is -0.457 e. The first kappa shape index (κ1) is 20.2. The molecule has 3 aromatic rings. The number of hydrogen-bond donors (Lipinski definition) is 0. The van der Waals surface area contributed by atoms with E-state index in [1.54, 1.807) is 36.4 Å². The molecule has 160 valence electrons. The zero-order valence-electron chi connectivity index (χ0n) is 17.9. The van der Waals surface area contributed by atoms with Gasteiger partial charge in [-0.1, -0.05) is 12.1 Å². The van der Waals surface area contributed by atoms with Gasteiger partial charge in [0.25, 0.3) is 5.91 Å². The van der Waals surface area contributed by atoms with Crippen LogP contribution in [0.2, 0.25) is 0 Å². The second-order valence-electron chi connectivity index (χ2n) is 8.39. The molecule has 3 atom stereocenters. The average Bonchev–Trinajstić information content (AvgIpc) is 3.46. The first-order valence-electron chi connectivity index (χ1n) is 10.9. The standard InChI is InChI=1S/C26H24N4O2/c1-18(25-7-2-3-12-28-25)29-16-22-14-21(29)17-30(22)26(31)20-8-10-23(11-9-20)32-24-6-4-5-19(13-24)15-27/h2-13,18,21-22H,14,16-17H2,1H3. The number of aromatic nitrogens is 1. The van der Waals surface area contributed by atoms with Gasteiger partial charge in [-0.15, -0.1) is 0 Å². The van der Waals surface area contributed by atoms with Gasteiger partial charge in [0, 0.05) is 43.0 Å². The minimum atomic E-state index is 0.0701. The van der Waals surface area contributed by atoms with Crippen molar-refractivity contribution in [3.05, 3.63) is 89.7 Å². The summed E-state index contributed by atoms with van der Waals surface area (Å²) in [5, 5.41) is 9.03. The summed E-state index contributed by atoms with van der Waals surface area (Å²) in [6.07, 6.45) is 2.85. The zero-order valence-corrected chi connectivity index (χ0v) is 17.9. The van der Waals surface area contributed by atoms with E-state index in [-0.39, 0.29) is 18.0 Å². The molecule has 0 N–H and O–H groups in total. The molecule has 0 saturated carbocycles. The van der Waals surface area contributed by atoms with E-state index in [9.17, 15) is 4.79 Å². The zero-order chi connectivity index (χ0) is 22.1. The number of hydrogen-bond acceptors (Lipinski definition) is 5. The van der Waals surface area contributed by atoms with Crippen LogP contribution in [0.15, 0.2) is 72.9 Å². The molecule has 2 saturated heterocycles. The maximum Gasteiger partial charge on any atom is 0.254 e. The molecule has 2 aromatic carbocycles. The Morgan fingerprint density at radius 3 is 2.59 bits per heavy atom. The van der Waals surface area contributed by atoms with Gasteiger partial charge in [-0.05, 0) is 67.9 Å². The third-order valence-electron chi connectivity index (χ3n) is 6.46. The summed E-state index contributed by atoms with van der Waals surface area (Å²) < 4.78 is 5.82. The van der Waals surface area contributed by atoms with Crippen LogP contribution in [0.3, 0.4) is 0 Å². The van der Waals surface area contributed by atoms with E-state index >= 15 is 0 Å². The Labute approximate surface area is 187 Å². The molecule has 1 amide bonds. The van der Waals surface area contributed by atoms with Crippen molar-refractivity contribution in [2.75, 3.05) is 13.1 Å². The quantitative estimate of drug-likeness (QED) is 0.607. The van der Waals surface area contributed by atoms with Crippen LogP contribution in [-0.2, 0) is 0 Å². The van der Waals surface area contributed by atoms with E-state index in [0.717, 1.165) is 25.2 Å². The summed E-state index contributed by atoms with van der Waals surface area (Å²) >= 11 is 0. The van der Waals surface area contributed by atoms with Gasteiger partial charge >= 0.3 is 0 Å². The number of amides is 1. The van der Waals surface area contributed by atoms with Crippen molar-refractivity contribution in [2.45, 2.75) is 31.5 Å². The second kappa shape index (κ2) is 8.45. The summed E-state index contributed by atoms with van der Waals surface area (Å²) in [5.74, 6) is 1.30. The number of likely N-dealkylation sites (tertiary alicyclic amines) is 2. The Bertz CT molecular complexity index is 1160. The summed E-state index contributed by atoms with van der Waals surface area (Å²) in [4.78, 5) is 22.1. The first-order valence-corrected chi connectivity index (χ1v) is 10.9. The van der Waals surface area contributed by atoms with Gasteiger partial charge in [-0.2, -0.15) is 5.26 Å². The molecule has 2 aliphatic rings. The van der Waals surface area contributed by atoms with Crippen molar-refractivity contribution in [1.82, 2.24) is 14.8 Å². The Balaban J connectivity index is 1.23. The van der Waals surface area contributed by atoms with Crippen LogP contribution in [0, 0.1) is 11.3 Å². The predicted molar refractivity (Wildman–Crippen MR) is 120 cm³/mol. The van der Waals surface area contributed by atoms with Gasteiger partial charge in [-0.3, -0.25) is 14.7 Å². The summed E-state index contributed by atoms with van der Waals surface area (Å²) in [6.45, 7) is 3.82. The van der Waals surface area contributed by atoms with Crippen LogP contribution >= 0.6 is 0 Å². The third kappa shape index (κ3) is 3.83. The molecule has 3 heterocycles. The maximum atomic E-state index is 13.2. The summed E-state index contributed by atoms with van der Waals surface area (Å²) in [6, 6.07) is 23.2. The largest absolute Gasteiger partial charge is 0.457 e. The van der Waals surface area contributed by atoms with E-state index in [0.29, 0.717) is 28.7 Å². The molecule has 5 rings (SSSR count). The van der Waals surface area contributed by atoms with Crippen LogP contribution in [0.4, 0.5) is 0 Å². The van der Waals surface area contributed by atoms with E-state index < -0.39 is 0 Å². The highest BCUT2D eigenvalue weighted by Crippen LogP contribution is 2.37. The van der Waals surface area contributed by atoms with E-state index in [1.807, 2.05) is 35.4 Å². The number of carbonyl (C=O) groups excluding carboxylic acids is 1. The Morgan fingerprint density at radius 2 is 1.91 bits per heavy atom. The van der Waals surface area contributed by atoms with Gasteiger partial charge < -0.3 is 9.64 Å². The predicted octanol–water partition coefficient (Wildman–Crippen LogP) is 4.41. The van der Waals surface area contributed by atoms with Crippen LogP contribution in [-0.4, -0.2) is 45.9 Å². The second-order valence-corrected chi connectivity index (χ2v) is 8.39. The lowest BCUT2D eigenvalue weighted by atomic mass is 10.1. The molecule has 2 aliphatic heterocycles. The van der Waals surface area contributed by atoms with Gasteiger partial charge in [0.15, 0.2) is 0 Å². The summed E-state index contributed by atoms with van der Waals surface area (Å²) in [5.41, 5.74) is 2.29. The van der Waals surface area contributed by atoms with Crippen molar-refractivity contribution in [3.63, 3.8) is 0 Å². The monoisotopic (exact) mass is 424 g/mol. The topological polar surface area (TPSA) is 69.5 Å². The first-order chi connectivity index (χ1) is 15.6. The highest BCUT2D eigenvalue weighted by molar-refractivity contribution is 5.95. The number of ether oxygens (including phenoxy) is 1. The molecule has 2 fully saturated rings. The Morgan fingerprint density at radius 1 is 1.06 bits per heavy atom. The van der Waals surface area contributed by atoms with Crippen LogP contribution in [0.5, 0.6) is 11.5 Å². The van der Waals surface area contributed by atoms with Crippen molar-refractivity contribution < 1.29 is 9.53 Å². The molecule has 0 radical (unpaired) electrons. The molecular weight excluding hydrogens is 400 g/mol. The van der Waals surface area contributed by atoms with Gasteiger partial charge in [0.1, 0.15) is 11.5 Å². The Kier molecular flexibility index (Phi) is 5.34. The van der Waals surface area contributed by atoms with Crippen LogP contribution in [0.1, 0.15) is 41.0 Å². The number of pyridine rings is 1. The fourth-order valence-corrected chi connectivity index (χ4v) is 4.81. The molecule has 2 bridgehead atoms. The highest BCUT2D eigenvalue weighted by Gasteiger charge is 2.47. The van der Waals surface area contributed by atoms with Gasteiger partial charge in [0.05, 0.1) is 17.3 Å². The van der Waals surface area contributed by atoms with Crippen LogP contribution < -0.4 is 4.74 Å². The lowest BCUT2D eigenvalue weighted by Gasteiger charge is -2.37. The number of nitrogens with zero attached hydrogens (tertiary/aromatic N) is 4. The van der Waals surface area contributed by atoms with Crippen molar-refractivity contribution in [3.8, 4) is 17.6 Å². The number of carbonyl (C=O) groups is 1. The lowest BCUT2D eigenvalue weighted by Crippen LogP contribution is -2.49. The molecule has 6 heteroatoms. The maximum absolute atomic E-state index is 13.2. The van der Waals surface area contributed by atoms with Crippen molar-refractivity contribution in [1.29, 1.82) is 5.26 Å². The highest BCUT2D eigenvalue weighted by atomic mass is 16.5. The SMILES string of the molecule is CC(c1ccccn1)N1CC2CC1CN2C(=O)c1ccc(Oc2cccc(C#N)c2)cc1. The molecule has 1 aromatic heterocycles. The average molecular weight is 425 g/mol. The molecule has 6 nitrogen and oxygen atoms in total. The van der Waals surface area contributed by atoms with E-state index in [1.165, 1.54) is 0 Å². The third-order valence-corrected chi connectivity index (χ3v) is 6.46.